The van der Waals surface area contributed by atoms with E-state index in [0.717, 1.165) is 30.6 Å². The van der Waals surface area contributed by atoms with Crippen LogP contribution in [0.2, 0.25) is 0 Å². The van der Waals surface area contributed by atoms with E-state index < -0.39 is 0 Å². The van der Waals surface area contributed by atoms with Gasteiger partial charge in [0.25, 0.3) is 0 Å². The van der Waals surface area contributed by atoms with Crippen molar-refractivity contribution in [3.8, 4) is 0 Å². The summed E-state index contributed by atoms with van der Waals surface area (Å²) in [6.07, 6.45) is 5.09. The van der Waals surface area contributed by atoms with E-state index in [1.54, 1.807) is 0 Å². The average molecular weight is 501 g/mol. The third-order valence-corrected chi connectivity index (χ3v) is 14.1. The fraction of sp³-hybridized carbons (Fsp3) is 0.759. The third kappa shape index (κ3) is 3.83. The SMILES string of the molecule is CC1(C)[C@H]2C[C@@H]3SC(C(=O)c4ccccc4)S[C@H]4C[C@H]5C[C@@H]([C@@H]4COCOC[C@H]3[C@@H]1C2)C5(C)C. The zero-order valence-corrected chi connectivity index (χ0v) is 22.7. The summed E-state index contributed by atoms with van der Waals surface area (Å²) < 4.78 is 12.4. The molecule has 6 saturated carbocycles. The summed E-state index contributed by atoms with van der Waals surface area (Å²) >= 11 is 3.98. The van der Waals surface area contributed by atoms with Crippen molar-refractivity contribution in [1.29, 1.82) is 0 Å². The van der Waals surface area contributed by atoms with Gasteiger partial charge >= 0.3 is 0 Å². The predicted molar refractivity (Wildman–Crippen MR) is 141 cm³/mol. The minimum Gasteiger partial charge on any atom is -0.355 e. The van der Waals surface area contributed by atoms with Gasteiger partial charge in [-0.15, -0.1) is 23.5 Å². The Balaban J connectivity index is 1.30. The van der Waals surface area contributed by atoms with E-state index in [-0.39, 0.29) is 4.58 Å². The summed E-state index contributed by atoms with van der Waals surface area (Å²) in [6.45, 7) is 11.7. The van der Waals surface area contributed by atoms with Crippen LogP contribution in [-0.4, -0.2) is 40.9 Å². The highest BCUT2D eigenvalue weighted by molar-refractivity contribution is 8.18. The predicted octanol–water partition coefficient (Wildman–Crippen LogP) is 6.77. The number of rotatable bonds is 2. The highest BCUT2D eigenvalue weighted by Gasteiger charge is 2.60. The fourth-order valence-corrected chi connectivity index (χ4v) is 12.1. The lowest BCUT2D eigenvalue weighted by molar-refractivity contribution is -0.158. The van der Waals surface area contributed by atoms with Crippen LogP contribution in [0.5, 0.6) is 0 Å². The zero-order valence-electron chi connectivity index (χ0n) is 21.1. The van der Waals surface area contributed by atoms with E-state index in [4.69, 9.17) is 9.47 Å². The van der Waals surface area contributed by atoms with Gasteiger partial charge in [-0.05, 0) is 72.0 Å². The highest BCUT2D eigenvalue weighted by atomic mass is 32.2. The molecule has 0 spiro atoms. The number of hydrogen-bond acceptors (Lipinski definition) is 5. The van der Waals surface area contributed by atoms with Crippen LogP contribution in [0.15, 0.2) is 30.3 Å². The molecule has 1 aromatic carbocycles. The van der Waals surface area contributed by atoms with Crippen LogP contribution >= 0.6 is 23.5 Å². The van der Waals surface area contributed by atoms with E-state index in [1.807, 2.05) is 53.9 Å². The second-order valence-corrected chi connectivity index (χ2v) is 15.8. The topological polar surface area (TPSA) is 35.5 Å². The van der Waals surface area contributed by atoms with E-state index >= 15 is 0 Å². The number of ether oxygens (including phenoxy) is 2. The molecule has 0 unspecified atom stereocenters. The number of Topliss-reactive ketones (excluding diaryl/α,β-unsaturated/α-hetero) is 1. The van der Waals surface area contributed by atoms with Gasteiger partial charge < -0.3 is 9.47 Å². The Kier molecular flexibility index (Phi) is 6.19. The van der Waals surface area contributed by atoms with Crippen LogP contribution in [0.3, 0.4) is 0 Å². The van der Waals surface area contributed by atoms with E-state index in [1.165, 1.54) is 25.7 Å². The quantitative estimate of drug-likeness (QED) is 0.419. The van der Waals surface area contributed by atoms with Gasteiger partial charge in [-0.1, -0.05) is 58.0 Å². The van der Waals surface area contributed by atoms with Crippen molar-refractivity contribution in [1.82, 2.24) is 0 Å². The largest absolute Gasteiger partial charge is 0.355 e. The molecule has 0 N–H and O–H groups in total. The number of hydrogen-bond donors (Lipinski definition) is 0. The van der Waals surface area contributed by atoms with Gasteiger partial charge in [-0.3, -0.25) is 4.79 Å². The van der Waals surface area contributed by atoms with Crippen LogP contribution in [0.25, 0.3) is 0 Å². The molecule has 1 heterocycles. The summed E-state index contributed by atoms with van der Waals surface area (Å²) in [6, 6.07) is 10.0. The second kappa shape index (κ2) is 8.82. The first-order valence-corrected chi connectivity index (χ1v) is 15.2. The van der Waals surface area contributed by atoms with Crippen molar-refractivity contribution in [3.05, 3.63) is 35.9 Å². The molecule has 186 valence electrons. The molecule has 0 aromatic heterocycles. The lowest BCUT2D eigenvalue weighted by Crippen LogP contribution is -2.59. The second-order valence-electron chi connectivity index (χ2n) is 12.8. The van der Waals surface area contributed by atoms with Gasteiger partial charge in [-0.2, -0.15) is 0 Å². The Bertz CT molecular complexity index is 867. The number of thioether (sulfide) groups is 2. The first-order valence-electron chi connectivity index (χ1n) is 13.3. The molecule has 1 aliphatic heterocycles. The molecular weight excluding hydrogens is 460 g/mol. The maximum absolute atomic E-state index is 13.9. The molecule has 1 aromatic rings. The Hall–Kier alpha value is -0.490. The monoisotopic (exact) mass is 500 g/mol. The normalized spacial score (nSPS) is 43.1. The van der Waals surface area contributed by atoms with Gasteiger partial charge in [0.15, 0.2) is 5.78 Å². The Morgan fingerprint density at radius 1 is 0.794 bits per heavy atom. The Morgan fingerprint density at radius 2 is 1.29 bits per heavy atom. The van der Waals surface area contributed by atoms with Crippen molar-refractivity contribution < 1.29 is 14.3 Å². The molecule has 7 fully saturated rings. The summed E-state index contributed by atoms with van der Waals surface area (Å²) in [7, 11) is 0. The van der Waals surface area contributed by atoms with Crippen LogP contribution in [0, 0.1) is 46.3 Å². The molecule has 8 rings (SSSR count). The molecule has 5 heteroatoms. The van der Waals surface area contributed by atoms with Gasteiger partial charge in [0.1, 0.15) is 11.4 Å². The Labute approximate surface area is 213 Å². The minimum atomic E-state index is -0.0388. The van der Waals surface area contributed by atoms with Crippen LogP contribution < -0.4 is 0 Å². The minimum absolute atomic E-state index is 0.0388. The smallest absolute Gasteiger partial charge is 0.185 e. The van der Waals surface area contributed by atoms with Crippen molar-refractivity contribution in [2.45, 2.75) is 68.5 Å². The molecule has 0 amide bonds. The number of carbonyl (C=O) groups excluding carboxylic acids is 1. The van der Waals surface area contributed by atoms with E-state index in [9.17, 15) is 4.79 Å². The number of benzene rings is 1. The molecule has 7 aliphatic rings. The van der Waals surface area contributed by atoms with Gasteiger partial charge in [-0.25, -0.2) is 0 Å². The van der Waals surface area contributed by atoms with E-state index in [2.05, 4.69) is 27.7 Å². The molecule has 1 saturated heterocycles. The van der Waals surface area contributed by atoms with Crippen LogP contribution in [-0.2, 0) is 9.47 Å². The lowest BCUT2D eigenvalue weighted by Gasteiger charge is -2.63. The third-order valence-electron chi connectivity index (χ3n) is 10.8. The molecule has 0 radical (unpaired) electrons. The Morgan fingerprint density at radius 3 is 1.76 bits per heavy atom. The first-order chi connectivity index (χ1) is 16.3. The summed E-state index contributed by atoms with van der Waals surface area (Å²) in [5, 5.41) is 0.990. The first kappa shape index (κ1) is 23.9. The summed E-state index contributed by atoms with van der Waals surface area (Å²) in [4.78, 5) is 13.9. The van der Waals surface area contributed by atoms with Crippen molar-refractivity contribution in [2.24, 2.45) is 46.3 Å². The van der Waals surface area contributed by atoms with Crippen molar-refractivity contribution in [2.75, 3.05) is 20.0 Å². The maximum Gasteiger partial charge on any atom is 0.185 e. The number of carbonyl (C=O) groups is 1. The molecule has 3 nitrogen and oxygen atoms in total. The fourth-order valence-electron chi connectivity index (χ4n) is 8.19. The maximum atomic E-state index is 13.9. The van der Waals surface area contributed by atoms with Crippen molar-refractivity contribution >= 4 is 29.3 Å². The summed E-state index contributed by atoms with van der Waals surface area (Å²) in [5.74, 6) is 4.28. The molecule has 34 heavy (non-hydrogen) atoms. The molecule has 6 aliphatic carbocycles. The van der Waals surface area contributed by atoms with Crippen LogP contribution in [0.1, 0.15) is 63.7 Å². The summed E-state index contributed by atoms with van der Waals surface area (Å²) in [5.41, 5.74) is 1.66. The van der Waals surface area contributed by atoms with Gasteiger partial charge in [0, 0.05) is 16.1 Å². The standard InChI is InChI=1S/C29H40O3S2/c1-28(2)18-10-22(28)20-14-31-16-32-15-21-23-11-19(29(23,3)4)13-25(21)34-27(33-24(20)12-18)26(30)17-8-6-5-7-9-17/h5-9,18-25,27H,10-16H2,1-4H3/t18-,19-,20+,21+,22+,23+,24+,25+/m1/s1. The average Bonchev–Trinajstić information content (AvgIpc) is 2.83. The van der Waals surface area contributed by atoms with Gasteiger partial charge in [0.2, 0.25) is 0 Å². The highest BCUT2D eigenvalue weighted by Crippen LogP contribution is 2.66. The van der Waals surface area contributed by atoms with Crippen LogP contribution in [0.4, 0.5) is 0 Å². The van der Waals surface area contributed by atoms with Gasteiger partial charge in [0.05, 0.1) is 13.2 Å². The van der Waals surface area contributed by atoms with Crippen molar-refractivity contribution in [3.63, 3.8) is 0 Å². The zero-order chi connectivity index (χ0) is 23.7. The van der Waals surface area contributed by atoms with E-state index in [0.29, 0.717) is 57.6 Å². The molecular formula is C29H40O3S2. The molecule has 4 bridgehead atoms. The lowest BCUT2D eigenvalue weighted by atomic mass is 9.45. The number of ketones is 1. The molecule has 8 atom stereocenters.